The van der Waals surface area contributed by atoms with E-state index in [1.807, 2.05) is 19.1 Å². The first kappa shape index (κ1) is 16.0. The monoisotopic (exact) mass is 424 g/mol. The molecule has 2 aromatic rings. The molecule has 1 aromatic carbocycles. The lowest BCUT2D eigenvalue weighted by molar-refractivity contribution is 0.136. The van der Waals surface area contributed by atoms with Crippen LogP contribution >= 0.6 is 31.9 Å². The van der Waals surface area contributed by atoms with E-state index < -0.39 is 0 Å². The first-order chi connectivity index (χ1) is 10.6. The van der Waals surface area contributed by atoms with E-state index in [0.29, 0.717) is 11.8 Å². The Hall–Kier alpha value is -0.910. The molecule has 1 aliphatic rings. The Morgan fingerprint density at radius 3 is 2.68 bits per heavy atom. The molecular weight excluding hydrogens is 408 g/mol. The van der Waals surface area contributed by atoms with Gasteiger partial charge in [-0.2, -0.15) is 0 Å². The van der Waals surface area contributed by atoms with E-state index >= 15 is 0 Å². The highest BCUT2D eigenvalue weighted by Gasteiger charge is 2.29. The number of nitrogens with one attached hydrogen (secondary N) is 1. The average molecular weight is 426 g/mol. The van der Waals surface area contributed by atoms with E-state index in [4.69, 9.17) is 4.74 Å². The Labute approximate surface area is 147 Å². The Morgan fingerprint density at radius 2 is 2.00 bits per heavy atom. The van der Waals surface area contributed by atoms with Crippen LogP contribution in [-0.2, 0) is 0 Å². The molecule has 2 atom stereocenters. The molecule has 0 bridgehead atoms. The van der Waals surface area contributed by atoms with Crippen LogP contribution in [0.5, 0.6) is 5.88 Å². The van der Waals surface area contributed by atoms with Crippen molar-refractivity contribution in [2.75, 3.05) is 13.1 Å². The lowest BCUT2D eigenvalue weighted by atomic mass is 9.95. The molecule has 3 rings (SSSR count). The molecule has 1 fully saturated rings. The van der Waals surface area contributed by atoms with Crippen molar-refractivity contribution in [3.8, 4) is 5.88 Å². The van der Waals surface area contributed by atoms with Crippen molar-refractivity contribution in [2.45, 2.75) is 19.4 Å². The van der Waals surface area contributed by atoms with Crippen molar-refractivity contribution in [2.24, 2.45) is 5.92 Å². The number of hydrogen-bond donors (Lipinski definition) is 1. The molecular formula is C17H18Br2N2O. The molecule has 5 heteroatoms. The van der Waals surface area contributed by atoms with Crippen molar-refractivity contribution in [1.29, 1.82) is 0 Å². The number of aromatic nitrogens is 1. The third-order valence-corrected chi connectivity index (χ3v) is 5.34. The molecule has 1 aromatic heterocycles. The van der Waals surface area contributed by atoms with E-state index in [9.17, 15) is 0 Å². The van der Waals surface area contributed by atoms with Crippen molar-refractivity contribution >= 4 is 31.9 Å². The predicted octanol–water partition coefficient (Wildman–Crippen LogP) is 4.64. The summed E-state index contributed by atoms with van der Waals surface area (Å²) in [6.07, 6.45) is 1.13. The summed E-state index contributed by atoms with van der Waals surface area (Å²) >= 11 is 7.06. The van der Waals surface area contributed by atoms with Crippen molar-refractivity contribution in [3.05, 3.63) is 56.6 Å². The van der Waals surface area contributed by atoms with Gasteiger partial charge in [0, 0.05) is 16.9 Å². The van der Waals surface area contributed by atoms with Crippen LogP contribution in [0.25, 0.3) is 0 Å². The summed E-state index contributed by atoms with van der Waals surface area (Å²) in [5, 5.41) is 3.42. The smallest absolute Gasteiger partial charge is 0.228 e. The van der Waals surface area contributed by atoms with Gasteiger partial charge < -0.3 is 10.1 Å². The number of benzene rings is 1. The summed E-state index contributed by atoms with van der Waals surface area (Å²) in [6.45, 7) is 4.00. The molecule has 1 saturated heterocycles. The van der Waals surface area contributed by atoms with Gasteiger partial charge in [-0.15, -0.1) is 0 Å². The Morgan fingerprint density at radius 1 is 1.23 bits per heavy atom. The molecule has 0 radical (unpaired) electrons. The normalized spacial score (nSPS) is 19.1. The molecule has 1 unspecified atom stereocenters. The quantitative estimate of drug-likeness (QED) is 0.774. The molecule has 0 spiro atoms. The number of ether oxygens (including phenoxy) is 1. The zero-order chi connectivity index (χ0) is 15.5. The average Bonchev–Trinajstić information content (AvgIpc) is 3.04. The van der Waals surface area contributed by atoms with Crippen LogP contribution in [0, 0.1) is 12.8 Å². The van der Waals surface area contributed by atoms with Crippen LogP contribution in [0.3, 0.4) is 0 Å². The van der Waals surface area contributed by atoms with E-state index in [1.165, 1.54) is 5.56 Å². The van der Waals surface area contributed by atoms with Crippen LogP contribution < -0.4 is 10.1 Å². The van der Waals surface area contributed by atoms with Crippen LogP contribution in [0.2, 0.25) is 0 Å². The fraction of sp³-hybridized carbons (Fsp3) is 0.353. The van der Waals surface area contributed by atoms with Gasteiger partial charge in [0.15, 0.2) is 0 Å². The lowest BCUT2D eigenvalue weighted by Crippen LogP contribution is -2.22. The number of hydrogen-bond acceptors (Lipinski definition) is 3. The van der Waals surface area contributed by atoms with Crippen molar-refractivity contribution < 1.29 is 4.74 Å². The maximum atomic E-state index is 6.33. The highest BCUT2D eigenvalue weighted by atomic mass is 79.9. The first-order valence-corrected chi connectivity index (χ1v) is 8.98. The molecule has 22 heavy (non-hydrogen) atoms. The minimum atomic E-state index is 0.0144. The van der Waals surface area contributed by atoms with Gasteiger partial charge in [0.25, 0.3) is 0 Å². The molecule has 3 nitrogen and oxygen atoms in total. The van der Waals surface area contributed by atoms with Crippen molar-refractivity contribution in [1.82, 2.24) is 10.3 Å². The molecule has 0 saturated carbocycles. The van der Waals surface area contributed by atoms with E-state index in [-0.39, 0.29) is 6.10 Å². The Balaban J connectivity index is 1.92. The second-order valence-corrected chi connectivity index (χ2v) is 7.25. The van der Waals surface area contributed by atoms with E-state index in [1.54, 1.807) is 0 Å². The van der Waals surface area contributed by atoms with Crippen LogP contribution in [-0.4, -0.2) is 18.1 Å². The number of pyridine rings is 1. The topological polar surface area (TPSA) is 34.1 Å². The number of nitrogens with zero attached hydrogens (tertiary/aromatic N) is 1. The largest absolute Gasteiger partial charge is 0.468 e. The van der Waals surface area contributed by atoms with Gasteiger partial charge in [0.1, 0.15) is 6.10 Å². The highest BCUT2D eigenvalue weighted by molar-refractivity contribution is 9.11. The standard InChI is InChI=1S/C17H18Br2N2O/c1-11-14(18)9-15(19)17(21-11)22-16(13-7-8-20-10-13)12-5-3-2-4-6-12/h2-6,9,13,16,20H,7-8,10H2,1H3/t13-,16?/m0/s1. The zero-order valence-electron chi connectivity index (χ0n) is 12.4. The van der Waals surface area contributed by atoms with Gasteiger partial charge >= 0.3 is 0 Å². The van der Waals surface area contributed by atoms with Gasteiger partial charge in [-0.1, -0.05) is 30.3 Å². The third-order valence-electron chi connectivity index (χ3n) is 3.97. The fourth-order valence-corrected chi connectivity index (χ4v) is 3.79. The van der Waals surface area contributed by atoms with Gasteiger partial charge in [-0.3, -0.25) is 0 Å². The van der Waals surface area contributed by atoms with Gasteiger partial charge in [-0.25, -0.2) is 4.98 Å². The van der Waals surface area contributed by atoms with E-state index in [0.717, 1.165) is 34.1 Å². The fourth-order valence-electron chi connectivity index (χ4n) is 2.75. The van der Waals surface area contributed by atoms with Crippen LogP contribution in [0.4, 0.5) is 0 Å². The minimum absolute atomic E-state index is 0.0144. The second kappa shape index (κ2) is 7.11. The van der Waals surface area contributed by atoms with Gasteiger partial charge in [-0.05, 0) is 63.4 Å². The zero-order valence-corrected chi connectivity index (χ0v) is 15.5. The maximum absolute atomic E-state index is 6.33. The highest BCUT2D eigenvalue weighted by Crippen LogP contribution is 2.35. The van der Waals surface area contributed by atoms with Gasteiger partial charge in [0.2, 0.25) is 5.88 Å². The van der Waals surface area contributed by atoms with Gasteiger partial charge in [0.05, 0.1) is 10.2 Å². The summed E-state index contributed by atoms with van der Waals surface area (Å²) in [7, 11) is 0. The third kappa shape index (κ3) is 3.53. The maximum Gasteiger partial charge on any atom is 0.228 e. The molecule has 0 amide bonds. The van der Waals surface area contributed by atoms with Crippen molar-refractivity contribution in [3.63, 3.8) is 0 Å². The van der Waals surface area contributed by atoms with E-state index in [2.05, 4.69) is 66.4 Å². The summed E-state index contributed by atoms with van der Waals surface area (Å²) in [4.78, 5) is 4.57. The Bertz CT molecular complexity index is 643. The summed E-state index contributed by atoms with van der Waals surface area (Å²) in [6, 6.07) is 12.4. The predicted molar refractivity (Wildman–Crippen MR) is 95.2 cm³/mol. The minimum Gasteiger partial charge on any atom is -0.468 e. The van der Waals surface area contributed by atoms with Crippen LogP contribution in [0.15, 0.2) is 45.3 Å². The summed E-state index contributed by atoms with van der Waals surface area (Å²) in [5.74, 6) is 1.11. The lowest BCUT2D eigenvalue weighted by Gasteiger charge is -2.25. The first-order valence-electron chi connectivity index (χ1n) is 7.40. The number of halogens is 2. The SMILES string of the molecule is Cc1nc(OC(c2ccccc2)[C@H]2CCNC2)c(Br)cc1Br. The van der Waals surface area contributed by atoms with Crippen LogP contribution in [0.1, 0.15) is 23.8 Å². The molecule has 1 aliphatic heterocycles. The Kier molecular flexibility index (Phi) is 5.16. The molecule has 2 heterocycles. The molecule has 116 valence electrons. The number of aryl methyl sites for hydroxylation is 1. The molecule has 1 N–H and O–H groups in total. The summed E-state index contributed by atoms with van der Waals surface area (Å²) in [5.41, 5.74) is 2.13. The number of rotatable bonds is 4. The summed E-state index contributed by atoms with van der Waals surface area (Å²) < 4.78 is 8.18. The second-order valence-electron chi connectivity index (χ2n) is 5.54. The molecule has 0 aliphatic carbocycles.